The number of hydrogen-bond acceptors (Lipinski definition) is 1. The van der Waals surface area contributed by atoms with Crippen molar-refractivity contribution in [2.24, 2.45) is 5.92 Å². The van der Waals surface area contributed by atoms with E-state index in [1.165, 1.54) is 37.7 Å². The van der Waals surface area contributed by atoms with Crippen molar-refractivity contribution < 1.29 is 9.13 Å². The molecule has 0 aliphatic carbocycles. The van der Waals surface area contributed by atoms with Crippen molar-refractivity contribution in [2.45, 2.75) is 78.2 Å². The molecule has 2 aromatic rings. The number of hydrogen-bond donors (Lipinski definition) is 0. The molecule has 2 atom stereocenters. The van der Waals surface area contributed by atoms with Gasteiger partial charge >= 0.3 is 0 Å². The molecule has 28 heavy (non-hydrogen) atoms. The minimum Gasteiger partial charge on any atom is -0.378 e. The Bertz CT molecular complexity index is 742. The third-order valence-corrected chi connectivity index (χ3v) is 6.17. The lowest BCUT2D eigenvalue weighted by molar-refractivity contribution is -0.0218. The van der Waals surface area contributed by atoms with Gasteiger partial charge in [-0.1, -0.05) is 63.1 Å². The van der Waals surface area contributed by atoms with Crippen LogP contribution in [0, 0.1) is 18.7 Å². The molecular weight excluding hydrogens is 347 g/mol. The van der Waals surface area contributed by atoms with Gasteiger partial charge in [0.1, 0.15) is 5.82 Å². The second-order valence-electron chi connectivity index (χ2n) is 8.38. The van der Waals surface area contributed by atoms with Crippen LogP contribution in [-0.2, 0) is 17.6 Å². The first-order valence-corrected chi connectivity index (χ1v) is 11.1. The second-order valence-corrected chi connectivity index (χ2v) is 8.38. The van der Waals surface area contributed by atoms with E-state index < -0.39 is 0 Å². The summed E-state index contributed by atoms with van der Waals surface area (Å²) in [6, 6.07) is 12.7. The van der Waals surface area contributed by atoms with Crippen LogP contribution in [0.15, 0.2) is 36.4 Å². The second kappa shape index (κ2) is 10.2. The van der Waals surface area contributed by atoms with Crippen LogP contribution in [0.2, 0.25) is 0 Å². The fourth-order valence-electron chi connectivity index (χ4n) is 4.38. The Kier molecular flexibility index (Phi) is 7.67. The smallest absolute Gasteiger partial charge is 0.129 e. The molecule has 0 bridgehead atoms. The minimum absolute atomic E-state index is 0.0397. The van der Waals surface area contributed by atoms with Crippen molar-refractivity contribution >= 4 is 0 Å². The summed E-state index contributed by atoms with van der Waals surface area (Å²) in [5.41, 5.74) is 5.06. The highest BCUT2D eigenvalue weighted by molar-refractivity contribution is 5.68. The molecule has 1 aliphatic heterocycles. The molecule has 1 heterocycles. The molecule has 1 aliphatic rings. The summed E-state index contributed by atoms with van der Waals surface area (Å²) >= 11 is 0. The molecule has 2 unspecified atom stereocenters. The maximum atomic E-state index is 14.6. The van der Waals surface area contributed by atoms with Crippen LogP contribution in [-0.4, -0.2) is 12.7 Å². The summed E-state index contributed by atoms with van der Waals surface area (Å²) < 4.78 is 20.6. The Morgan fingerprint density at radius 1 is 0.929 bits per heavy atom. The van der Waals surface area contributed by atoms with E-state index in [4.69, 9.17) is 4.74 Å². The summed E-state index contributed by atoms with van der Waals surface area (Å²) in [7, 11) is 0. The molecule has 0 aromatic heterocycles. The van der Waals surface area contributed by atoms with Crippen molar-refractivity contribution in [3.05, 3.63) is 58.9 Å². The predicted octanol–water partition coefficient (Wildman–Crippen LogP) is 7.28. The predicted molar refractivity (Wildman–Crippen MR) is 116 cm³/mol. The van der Waals surface area contributed by atoms with E-state index >= 15 is 0 Å². The molecule has 0 amide bonds. The van der Waals surface area contributed by atoms with Gasteiger partial charge in [0, 0.05) is 6.61 Å². The molecule has 1 fully saturated rings. The third-order valence-electron chi connectivity index (χ3n) is 6.17. The maximum absolute atomic E-state index is 14.6. The minimum atomic E-state index is -0.0397. The molecule has 0 saturated carbocycles. The van der Waals surface area contributed by atoms with Crippen molar-refractivity contribution in [1.82, 2.24) is 0 Å². The van der Waals surface area contributed by atoms with Crippen LogP contribution in [0.5, 0.6) is 0 Å². The van der Waals surface area contributed by atoms with Gasteiger partial charge in [0.15, 0.2) is 0 Å². The molecule has 1 saturated heterocycles. The number of ether oxygens (including phenoxy) is 1. The van der Waals surface area contributed by atoms with Crippen LogP contribution >= 0.6 is 0 Å². The highest BCUT2D eigenvalue weighted by Gasteiger charge is 2.20. The fourth-order valence-corrected chi connectivity index (χ4v) is 4.38. The van der Waals surface area contributed by atoms with Crippen LogP contribution in [0.1, 0.15) is 69.1 Å². The SMILES string of the molecule is CCCc1ccc(-c2ccc(CCC3CCC(CCC)OC3)cc2)c(C)c1F. The van der Waals surface area contributed by atoms with E-state index in [2.05, 4.69) is 44.2 Å². The number of aryl methyl sites for hydroxylation is 2. The molecule has 0 radical (unpaired) electrons. The van der Waals surface area contributed by atoms with Crippen LogP contribution < -0.4 is 0 Å². The van der Waals surface area contributed by atoms with Gasteiger partial charge in [0.2, 0.25) is 0 Å². The van der Waals surface area contributed by atoms with Crippen molar-refractivity contribution in [3.8, 4) is 11.1 Å². The largest absolute Gasteiger partial charge is 0.378 e. The monoisotopic (exact) mass is 382 g/mol. The molecule has 2 aromatic carbocycles. The quantitative estimate of drug-likeness (QED) is 0.466. The van der Waals surface area contributed by atoms with Crippen molar-refractivity contribution in [1.29, 1.82) is 0 Å². The summed E-state index contributed by atoms with van der Waals surface area (Å²) in [5.74, 6) is 0.650. The standard InChI is InChI=1S/C26H35FO/c1-4-6-23-15-17-25(19(3)26(23)27)22-13-10-20(11-14-22)8-9-21-12-16-24(7-5-2)28-18-21/h10-11,13-15,17,21,24H,4-9,12,16,18H2,1-3H3. The maximum Gasteiger partial charge on any atom is 0.129 e. The van der Waals surface area contributed by atoms with E-state index in [-0.39, 0.29) is 5.82 Å². The van der Waals surface area contributed by atoms with Crippen molar-refractivity contribution in [2.75, 3.05) is 6.61 Å². The zero-order valence-corrected chi connectivity index (χ0v) is 17.8. The van der Waals surface area contributed by atoms with Crippen molar-refractivity contribution in [3.63, 3.8) is 0 Å². The Morgan fingerprint density at radius 2 is 1.71 bits per heavy atom. The Hall–Kier alpha value is -1.67. The summed E-state index contributed by atoms with van der Waals surface area (Å²) in [6.07, 6.45) is 9.48. The average molecular weight is 383 g/mol. The lowest BCUT2D eigenvalue weighted by atomic mass is 9.90. The van der Waals surface area contributed by atoms with Gasteiger partial charge in [-0.25, -0.2) is 4.39 Å². The van der Waals surface area contributed by atoms with E-state index in [9.17, 15) is 4.39 Å². The lowest BCUT2D eigenvalue weighted by Gasteiger charge is -2.29. The summed E-state index contributed by atoms with van der Waals surface area (Å²) in [5, 5.41) is 0. The molecule has 3 rings (SSSR count). The lowest BCUT2D eigenvalue weighted by Crippen LogP contribution is -2.26. The first-order chi connectivity index (χ1) is 13.6. The molecule has 2 heteroatoms. The fraction of sp³-hybridized carbons (Fsp3) is 0.538. The Labute approximate surface area is 170 Å². The molecule has 1 nitrogen and oxygen atoms in total. The Balaban J connectivity index is 1.58. The summed E-state index contributed by atoms with van der Waals surface area (Å²) in [4.78, 5) is 0. The number of rotatable bonds is 8. The van der Waals surface area contributed by atoms with E-state index in [1.807, 2.05) is 13.0 Å². The van der Waals surface area contributed by atoms with Gasteiger partial charge in [-0.3, -0.25) is 0 Å². The molecular formula is C26H35FO. The number of benzene rings is 2. The van der Waals surface area contributed by atoms with Crippen LogP contribution in [0.4, 0.5) is 4.39 Å². The van der Waals surface area contributed by atoms with Crippen LogP contribution in [0.3, 0.4) is 0 Å². The topological polar surface area (TPSA) is 9.23 Å². The zero-order valence-electron chi connectivity index (χ0n) is 17.8. The first kappa shape index (κ1) is 21.0. The summed E-state index contributed by atoms with van der Waals surface area (Å²) in [6.45, 7) is 7.14. The highest BCUT2D eigenvalue weighted by atomic mass is 19.1. The van der Waals surface area contributed by atoms with Gasteiger partial charge in [-0.05, 0) is 79.2 Å². The highest BCUT2D eigenvalue weighted by Crippen LogP contribution is 2.29. The number of halogens is 1. The van der Waals surface area contributed by atoms with Gasteiger partial charge in [0.05, 0.1) is 6.10 Å². The Morgan fingerprint density at radius 3 is 2.36 bits per heavy atom. The van der Waals surface area contributed by atoms with Crippen LogP contribution in [0.25, 0.3) is 11.1 Å². The van der Waals surface area contributed by atoms with Gasteiger partial charge < -0.3 is 4.74 Å². The van der Waals surface area contributed by atoms with Gasteiger partial charge in [-0.15, -0.1) is 0 Å². The zero-order chi connectivity index (χ0) is 19.9. The molecule has 0 spiro atoms. The molecule has 152 valence electrons. The first-order valence-electron chi connectivity index (χ1n) is 11.1. The molecule has 0 N–H and O–H groups in total. The van der Waals surface area contributed by atoms with E-state index in [0.29, 0.717) is 12.0 Å². The average Bonchev–Trinajstić information content (AvgIpc) is 2.72. The third kappa shape index (κ3) is 5.23. The van der Waals surface area contributed by atoms with E-state index in [1.54, 1.807) is 0 Å². The van der Waals surface area contributed by atoms with Gasteiger partial charge in [0.25, 0.3) is 0 Å². The normalized spacial score (nSPS) is 19.7. The van der Waals surface area contributed by atoms with Gasteiger partial charge in [-0.2, -0.15) is 0 Å². The van der Waals surface area contributed by atoms with E-state index in [0.717, 1.165) is 48.1 Å².